The molecule has 110 valence electrons. The van der Waals surface area contributed by atoms with Crippen LogP contribution in [0, 0.1) is 0 Å². The summed E-state index contributed by atoms with van der Waals surface area (Å²) >= 11 is 2.03. The second kappa shape index (κ2) is 6.46. The van der Waals surface area contributed by atoms with Gasteiger partial charge in [-0.05, 0) is 13.3 Å². The van der Waals surface area contributed by atoms with E-state index in [4.69, 9.17) is 0 Å². The van der Waals surface area contributed by atoms with Crippen molar-refractivity contribution in [2.45, 2.75) is 38.0 Å². The van der Waals surface area contributed by atoms with Crippen LogP contribution in [0.25, 0.3) is 0 Å². The van der Waals surface area contributed by atoms with E-state index in [1.807, 2.05) is 16.7 Å². The first-order valence-corrected chi connectivity index (χ1v) is 8.36. The van der Waals surface area contributed by atoms with Crippen molar-refractivity contribution >= 4 is 17.7 Å². The van der Waals surface area contributed by atoms with Crippen molar-refractivity contribution in [2.24, 2.45) is 0 Å². The van der Waals surface area contributed by atoms with Crippen LogP contribution in [0.3, 0.4) is 0 Å². The van der Waals surface area contributed by atoms with Crippen molar-refractivity contribution < 1.29 is 4.79 Å². The first-order valence-electron chi connectivity index (χ1n) is 7.37. The van der Waals surface area contributed by atoms with Gasteiger partial charge in [0.2, 0.25) is 5.91 Å². The number of thioether (sulfide) groups is 1. The fourth-order valence-corrected chi connectivity index (χ4v) is 3.84. The van der Waals surface area contributed by atoms with Crippen LogP contribution in [-0.2, 0) is 4.79 Å². The Morgan fingerprint density at radius 3 is 2.58 bits per heavy atom. The summed E-state index contributed by atoms with van der Waals surface area (Å²) in [6.07, 6.45) is 1.16. The van der Waals surface area contributed by atoms with E-state index in [-0.39, 0.29) is 6.04 Å². The maximum absolute atomic E-state index is 12.5. The van der Waals surface area contributed by atoms with Gasteiger partial charge in [-0.25, -0.2) is 0 Å². The lowest BCUT2D eigenvalue weighted by Gasteiger charge is -2.34. The molecule has 4 nitrogen and oxygen atoms in total. The number of hydrogen-bond acceptors (Lipinski definition) is 4. The zero-order chi connectivity index (χ0) is 13.9. The molecule has 1 atom stereocenters. The Morgan fingerprint density at radius 2 is 1.89 bits per heavy atom. The Kier molecular flexibility index (Phi) is 5.15. The van der Waals surface area contributed by atoms with Crippen molar-refractivity contribution in [3.63, 3.8) is 0 Å². The van der Waals surface area contributed by atoms with E-state index in [9.17, 15) is 4.79 Å². The van der Waals surface area contributed by atoms with E-state index in [0.29, 0.717) is 10.7 Å². The topological polar surface area (TPSA) is 35.6 Å². The summed E-state index contributed by atoms with van der Waals surface area (Å²) in [5.74, 6) is 1.44. The van der Waals surface area contributed by atoms with Gasteiger partial charge in [-0.3, -0.25) is 9.69 Å². The molecular formula is C14H27N3OS. The normalized spacial score (nSPS) is 26.8. The van der Waals surface area contributed by atoms with Gasteiger partial charge in [-0.15, -0.1) is 0 Å². The molecule has 0 saturated carbocycles. The highest BCUT2D eigenvalue weighted by Crippen LogP contribution is 2.31. The van der Waals surface area contributed by atoms with E-state index in [1.54, 1.807) is 0 Å². The summed E-state index contributed by atoms with van der Waals surface area (Å²) in [5.41, 5.74) is 0. The third-order valence-corrected chi connectivity index (χ3v) is 5.58. The second-order valence-corrected chi connectivity index (χ2v) is 7.95. The van der Waals surface area contributed by atoms with Crippen LogP contribution in [-0.4, -0.2) is 71.5 Å². The molecule has 2 aliphatic rings. The zero-order valence-corrected chi connectivity index (χ0v) is 13.3. The van der Waals surface area contributed by atoms with Crippen LogP contribution >= 0.6 is 11.8 Å². The highest BCUT2D eigenvalue weighted by Gasteiger charge is 2.30. The molecule has 0 bridgehead atoms. The molecule has 2 aliphatic heterocycles. The molecule has 0 aromatic carbocycles. The molecule has 1 unspecified atom stereocenters. The average molecular weight is 285 g/mol. The Labute approximate surface area is 121 Å². The number of carbonyl (C=O) groups is 1. The maximum Gasteiger partial charge on any atom is 0.239 e. The molecule has 2 heterocycles. The summed E-state index contributed by atoms with van der Waals surface area (Å²) < 4.78 is 0.354. The number of nitrogens with one attached hydrogen (secondary N) is 1. The van der Waals surface area contributed by atoms with Crippen LogP contribution in [0.15, 0.2) is 0 Å². The van der Waals surface area contributed by atoms with Crippen molar-refractivity contribution in [2.75, 3.05) is 45.0 Å². The van der Waals surface area contributed by atoms with E-state index in [1.165, 1.54) is 0 Å². The minimum absolute atomic E-state index is 0.0348. The van der Waals surface area contributed by atoms with Gasteiger partial charge in [-0.2, -0.15) is 11.8 Å². The lowest BCUT2D eigenvalue weighted by molar-refractivity contribution is -0.137. The molecule has 2 saturated heterocycles. The third-order valence-electron chi connectivity index (χ3n) is 4.21. The highest BCUT2D eigenvalue weighted by molar-refractivity contribution is 8.00. The fraction of sp³-hybridized carbons (Fsp3) is 0.929. The molecule has 2 rings (SSSR count). The van der Waals surface area contributed by atoms with E-state index in [0.717, 1.165) is 51.4 Å². The number of amides is 1. The number of carbonyl (C=O) groups excluding carboxylic acids is 1. The molecule has 1 amide bonds. The Balaban J connectivity index is 1.91. The third kappa shape index (κ3) is 4.10. The molecular weight excluding hydrogens is 258 g/mol. The standard InChI is InChI=1S/C14H27N3OS/c1-12(13(18)17-8-5-15-6-9-17)16-7-4-14(2,3)19-11-10-16/h12,15H,4-11H2,1-3H3. The maximum atomic E-state index is 12.5. The van der Waals surface area contributed by atoms with Crippen molar-refractivity contribution in [3.8, 4) is 0 Å². The molecule has 5 heteroatoms. The van der Waals surface area contributed by atoms with E-state index in [2.05, 4.69) is 31.0 Å². The van der Waals surface area contributed by atoms with Crippen molar-refractivity contribution in [1.29, 1.82) is 0 Å². The predicted molar refractivity (Wildman–Crippen MR) is 81.6 cm³/mol. The summed E-state index contributed by atoms with van der Waals surface area (Å²) in [5, 5.41) is 3.30. The molecule has 19 heavy (non-hydrogen) atoms. The zero-order valence-electron chi connectivity index (χ0n) is 12.4. The molecule has 0 radical (unpaired) electrons. The van der Waals surface area contributed by atoms with Crippen LogP contribution in [0.5, 0.6) is 0 Å². The van der Waals surface area contributed by atoms with Gasteiger partial charge in [0.15, 0.2) is 0 Å². The minimum atomic E-state index is 0.0348. The van der Waals surface area contributed by atoms with Gasteiger partial charge in [0.25, 0.3) is 0 Å². The van der Waals surface area contributed by atoms with Crippen LogP contribution in [0.4, 0.5) is 0 Å². The van der Waals surface area contributed by atoms with Gasteiger partial charge in [0.1, 0.15) is 0 Å². The largest absolute Gasteiger partial charge is 0.339 e. The quantitative estimate of drug-likeness (QED) is 0.822. The van der Waals surface area contributed by atoms with E-state index < -0.39 is 0 Å². The summed E-state index contributed by atoms with van der Waals surface area (Å²) in [6, 6.07) is 0.0348. The van der Waals surface area contributed by atoms with Crippen LogP contribution in [0.2, 0.25) is 0 Å². The lowest BCUT2D eigenvalue weighted by atomic mass is 10.1. The van der Waals surface area contributed by atoms with Gasteiger partial charge in [0, 0.05) is 49.8 Å². The number of piperazine rings is 1. The van der Waals surface area contributed by atoms with Crippen molar-refractivity contribution in [3.05, 3.63) is 0 Å². The molecule has 2 fully saturated rings. The van der Waals surface area contributed by atoms with Gasteiger partial charge in [-0.1, -0.05) is 13.8 Å². The predicted octanol–water partition coefficient (Wildman–Crippen LogP) is 1.02. The van der Waals surface area contributed by atoms with Crippen LogP contribution in [0.1, 0.15) is 27.2 Å². The Morgan fingerprint density at radius 1 is 1.21 bits per heavy atom. The average Bonchev–Trinajstić information content (AvgIpc) is 2.59. The highest BCUT2D eigenvalue weighted by atomic mass is 32.2. The number of hydrogen-bond donors (Lipinski definition) is 1. The number of nitrogens with zero attached hydrogens (tertiary/aromatic N) is 2. The van der Waals surface area contributed by atoms with Gasteiger partial charge < -0.3 is 10.2 Å². The first-order chi connectivity index (χ1) is 8.99. The van der Waals surface area contributed by atoms with Gasteiger partial charge in [0.05, 0.1) is 6.04 Å². The monoisotopic (exact) mass is 285 g/mol. The SMILES string of the molecule is CC(C(=O)N1CCNCC1)N1CCSC(C)(C)CC1. The van der Waals surface area contributed by atoms with E-state index >= 15 is 0 Å². The summed E-state index contributed by atoms with van der Waals surface area (Å²) in [4.78, 5) is 16.9. The molecule has 0 spiro atoms. The smallest absolute Gasteiger partial charge is 0.239 e. The molecule has 0 aromatic rings. The Hall–Kier alpha value is -0.260. The molecule has 0 aromatic heterocycles. The number of rotatable bonds is 2. The van der Waals surface area contributed by atoms with Crippen LogP contribution < -0.4 is 5.32 Å². The summed E-state index contributed by atoms with van der Waals surface area (Å²) in [6.45, 7) is 12.4. The minimum Gasteiger partial charge on any atom is -0.339 e. The molecule has 0 aliphatic carbocycles. The fourth-order valence-electron chi connectivity index (χ4n) is 2.73. The second-order valence-electron chi connectivity index (χ2n) is 6.15. The van der Waals surface area contributed by atoms with Crippen molar-refractivity contribution in [1.82, 2.24) is 15.1 Å². The molecule has 1 N–H and O–H groups in total. The summed E-state index contributed by atoms with van der Waals surface area (Å²) in [7, 11) is 0. The Bertz CT molecular complexity index is 316. The first kappa shape index (κ1) is 15.1. The lowest BCUT2D eigenvalue weighted by Crippen LogP contribution is -2.53. The van der Waals surface area contributed by atoms with Gasteiger partial charge >= 0.3 is 0 Å².